The van der Waals surface area contributed by atoms with E-state index in [1.807, 2.05) is 13.8 Å². The number of nitrogens with zero attached hydrogens (tertiary/aromatic N) is 1. The molecule has 1 aliphatic heterocycles. The first-order valence-corrected chi connectivity index (χ1v) is 7.20. The highest BCUT2D eigenvalue weighted by molar-refractivity contribution is 5.78. The van der Waals surface area contributed by atoms with Crippen molar-refractivity contribution in [3.05, 3.63) is 46.6 Å². The van der Waals surface area contributed by atoms with Gasteiger partial charge in [0, 0.05) is 12.1 Å². The zero-order chi connectivity index (χ0) is 16.4. The van der Waals surface area contributed by atoms with Crippen molar-refractivity contribution in [1.29, 1.82) is 0 Å². The average Bonchev–Trinajstić information content (AvgIpc) is 2.51. The molecule has 0 aromatic heterocycles. The van der Waals surface area contributed by atoms with Gasteiger partial charge in [0.25, 0.3) is 0 Å². The Morgan fingerprint density at radius 3 is 2.83 bits per heavy atom. The average molecular weight is 313 g/mol. The van der Waals surface area contributed by atoms with Gasteiger partial charge in [-0.1, -0.05) is 13.8 Å². The van der Waals surface area contributed by atoms with E-state index in [-0.39, 0.29) is 23.7 Å². The monoisotopic (exact) mass is 313 g/mol. The lowest BCUT2D eigenvalue weighted by Gasteiger charge is -2.09. The fraction of sp³-hybridized carbons (Fsp3) is 0.235. The second-order valence-corrected chi connectivity index (χ2v) is 5.53. The van der Waals surface area contributed by atoms with Crippen molar-refractivity contribution in [2.45, 2.75) is 13.8 Å². The van der Waals surface area contributed by atoms with E-state index < -0.39 is 6.16 Å². The van der Waals surface area contributed by atoms with Gasteiger partial charge in [0.2, 0.25) is 0 Å². The highest BCUT2D eigenvalue weighted by Crippen LogP contribution is 2.26. The molecule has 118 valence electrons. The van der Waals surface area contributed by atoms with E-state index in [1.54, 1.807) is 18.2 Å². The van der Waals surface area contributed by atoms with Crippen LogP contribution in [0.3, 0.4) is 0 Å². The smallest absolute Gasteiger partial charge is 0.453 e. The first-order valence-electron chi connectivity index (χ1n) is 7.20. The van der Waals surface area contributed by atoms with Crippen molar-refractivity contribution < 1.29 is 18.7 Å². The molecular weight excluding hydrogens is 298 g/mol. The number of benzene rings is 2. The summed E-state index contributed by atoms with van der Waals surface area (Å²) >= 11 is 0. The molecule has 1 aromatic rings. The van der Waals surface area contributed by atoms with Gasteiger partial charge in [0.05, 0.1) is 6.61 Å². The van der Waals surface area contributed by atoms with Crippen LogP contribution in [0.25, 0.3) is 22.6 Å². The molecule has 0 atom stereocenters. The topological polar surface area (TPSA) is 78.6 Å². The first-order chi connectivity index (χ1) is 11.0. The van der Waals surface area contributed by atoms with Gasteiger partial charge in [-0.3, -0.25) is 4.79 Å². The van der Waals surface area contributed by atoms with E-state index in [4.69, 9.17) is 13.9 Å². The van der Waals surface area contributed by atoms with E-state index in [1.165, 1.54) is 18.2 Å². The zero-order valence-electron chi connectivity index (χ0n) is 12.7. The molecule has 0 saturated carbocycles. The number of aromatic nitrogens is 1. The highest BCUT2D eigenvalue weighted by atomic mass is 16.7. The third-order valence-corrected chi connectivity index (χ3v) is 3.06. The number of fused-ring (bicyclic) bond motifs is 2. The third kappa shape index (κ3) is 3.48. The van der Waals surface area contributed by atoms with Crippen LogP contribution in [0.2, 0.25) is 0 Å². The van der Waals surface area contributed by atoms with Gasteiger partial charge in [0.15, 0.2) is 16.8 Å². The molecule has 6 heteroatoms. The van der Waals surface area contributed by atoms with Gasteiger partial charge in [-0.15, -0.1) is 0 Å². The predicted molar refractivity (Wildman–Crippen MR) is 83.7 cm³/mol. The Morgan fingerprint density at radius 2 is 2.04 bits per heavy atom. The Kier molecular flexibility index (Phi) is 3.97. The van der Waals surface area contributed by atoms with Crippen LogP contribution < -0.4 is 10.2 Å². The summed E-state index contributed by atoms with van der Waals surface area (Å²) in [4.78, 5) is 27.4. The Labute approximate surface area is 132 Å². The van der Waals surface area contributed by atoms with Gasteiger partial charge < -0.3 is 13.9 Å². The van der Waals surface area contributed by atoms with Crippen molar-refractivity contribution in [2.75, 3.05) is 6.61 Å². The fourth-order valence-electron chi connectivity index (χ4n) is 2.01. The largest absolute Gasteiger partial charge is 0.513 e. The number of hydrogen-bond donors (Lipinski definition) is 0. The Hall–Kier alpha value is -2.89. The maximum absolute atomic E-state index is 11.6. The van der Waals surface area contributed by atoms with Gasteiger partial charge in [-0.05, 0) is 30.2 Å². The van der Waals surface area contributed by atoms with E-state index in [0.717, 1.165) is 0 Å². The minimum Gasteiger partial charge on any atom is -0.453 e. The lowest BCUT2D eigenvalue weighted by atomic mass is 10.2. The summed E-state index contributed by atoms with van der Waals surface area (Å²) in [6.45, 7) is 4.15. The SMILES string of the molecule is CC(C)COC(=O)Oc1ccc2nc3ccc(=O)cc-3oc2c1. The molecule has 0 radical (unpaired) electrons. The van der Waals surface area contributed by atoms with Crippen molar-refractivity contribution in [3.8, 4) is 17.2 Å². The van der Waals surface area contributed by atoms with E-state index in [9.17, 15) is 9.59 Å². The quantitative estimate of drug-likeness (QED) is 0.418. The molecule has 0 N–H and O–H groups in total. The van der Waals surface area contributed by atoms with Gasteiger partial charge in [0.1, 0.15) is 17.0 Å². The zero-order valence-corrected chi connectivity index (χ0v) is 12.7. The normalized spacial score (nSPS) is 11.1. The minimum atomic E-state index is -0.770. The molecule has 0 amide bonds. The summed E-state index contributed by atoms with van der Waals surface area (Å²) in [5.41, 5.74) is 1.44. The van der Waals surface area contributed by atoms with E-state index in [0.29, 0.717) is 22.6 Å². The van der Waals surface area contributed by atoms with Crippen LogP contribution in [0.1, 0.15) is 13.8 Å². The van der Waals surface area contributed by atoms with Gasteiger partial charge >= 0.3 is 6.16 Å². The molecule has 3 rings (SSSR count). The predicted octanol–water partition coefficient (Wildman–Crippen LogP) is 3.46. The van der Waals surface area contributed by atoms with E-state index in [2.05, 4.69) is 4.98 Å². The van der Waals surface area contributed by atoms with Crippen LogP contribution >= 0.6 is 0 Å². The minimum absolute atomic E-state index is 0.160. The van der Waals surface area contributed by atoms with Crippen molar-refractivity contribution in [2.24, 2.45) is 5.92 Å². The summed E-state index contributed by atoms with van der Waals surface area (Å²) in [6, 6.07) is 9.22. The molecule has 6 nitrogen and oxygen atoms in total. The maximum atomic E-state index is 11.6. The standard InChI is InChI=1S/C17H15NO5/c1-10(2)9-21-17(20)22-12-4-6-14-16(8-12)23-15-7-11(19)3-5-13(15)18-14/h3-8,10H,9H2,1-2H3. The molecule has 0 bridgehead atoms. The molecule has 1 heterocycles. The Morgan fingerprint density at radius 1 is 1.22 bits per heavy atom. The first kappa shape index (κ1) is 15.0. The number of rotatable bonds is 3. The van der Waals surface area contributed by atoms with Crippen molar-refractivity contribution >= 4 is 17.3 Å². The summed E-state index contributed by atoms with van der Waals surface area (Å²) in [7, 11) is 0. The van der Waals surface area contributed by atoms with Crippen molar-refractivity contribution in [1.82, 2.24) is 4.98 Å². The Balaban J connectivity index is 1.89. The van der Waals surface area contributed by atoms with E-state index >= 15 is 0 Å². The summed E-state index contributed by atoms with van der Waals surface area (Å²) in [5, 5.41) is 0. The lowest BCUT2D eigenvalue weighted by Crippen LogP contribution is -2.14. The number of ether oxygens (including phenoxy) is 2. The molecule has 0 spiro atoms. The third-order valence-electron chi connectivity index (χ3n) is 3.06. The summed E-state index contributed by atoms with van der Waals surface area (Å²) in [5.74, 6) is 0.893. The van der Waals surface area contributed by atoms with Crippen LogP contribution in [0.4, 0.5) is 4.79 Å². The second-order valence-electron chi connectivity index (χ2n) is 5.53. The Bertz CT molecular complexity index is 884. The number of hydrogen-bond acceptors (Lipinski definition) is 6. The maximum Gasteiger partial charge on any atom is 0.513 e. The van der Waals surface area contributed by atoms with Crippen LogP contribution in [-0.2, 0) is 4.74 Å². The van der Waals surface area contributed by atoms with Crippen LogP contribution in [0, 0.1) is 5.92 Å². The second kappa shape index (κ2) is 6.08. The molecule has 0 unspecified atom stereocenters. The van der Waals surface area contributed by atoms with Crippen LogP contribution in [0.5, 0.6) is 5.75 Å². The van der Waals surface area contributed by atoms with Crippen molar-refractivity contribution in [3.63, 3.8) is 0 Å². The highest BCUT2D eigenvalue weighted by Gasteiger charge is 2.12. The van der Waals surface area contributed by atoms with Crippen LogP contribution in [-0.4, -0.2) is 17.7 Å². The fourth-order valence-corrected chi connectivity index (χ4v) is 2.01. The number of carbonyl (C=O) groups is 1. The van der Waals surface area contributed by atoms with Gasteiger partial charge in [-0.25, -0.2) is 9.78 Å². The molecule has 23 heavy (non-hydrogen) atoms. The molecule has 0 saturated heterocycles. The molecule has 1 aromatic carbocycles. The molecule has 2 aliphatic rings. The molecule has 1 aliphatic carbocycles. The van der Waals surface area contributed by atoms with Gasteiger partial charge in [-0.2, -0.15) is 0 Å². The summed E-state index contributed by atoms with van der Waals surface area (Å²) < 4.78 is 15.7. The number of carbonyl (C=O) groups excluding carboxylic acids is 1. The lowest BCUT2D eigenvalue weighted by molar-refractivity contribution is 0.0886. The van der Waals surface area contributed by atoms with Crippen LogP contribution in [0.15, 0.2) is 45.6 Å². The molecule has 0 fully saturated rings. The molecular formula is C17H15NO5. The summed E-state index contributed by atoms with van der Waals surface area (Å²) in [6.07, 6.45) is -0.770.